The third kappa shape index (κ3) is 9.15. The number of terminal acetylenes is 2. The third-order valence-corrected chi connectivity index (χ3v) is 7.31. The normalized spacial score (nSPS) is 11.9. The predicted octanol–water partition coefficient (Wildman–Crippen LogP) is 7.53. The molecule has 0 aromatic heterocycles. The zero-order valence-corrected chi connectivity index (χ0v) is 24.8. The molecular formula is C34H28Cl2N2O6. The van der Waals surface area contributed by atoms with Crippen molar-refractivity contribution < 1.29 is 20.1 Å². The fourth-order valence-corrected chi connectivity index (χ4v) is 4.95. The summed E-state index contributed by atoms with van der Waals surface area (Å²) in [4.78, 5) is 20.5. The number of nitro benzene ring substituents is 2. The van der Waals surface area contributed by atoms with Crippen molar-refractivity contribution in [3.8, 4) is 24.7 Å². The molecule has 2 N–H and O–H groups in total. The summed E-state index contributed by atoms with van der Waals surface area (Å²) < 4.78 is 0. The van der Waals surface area contributed by atoms with E-state index in [2.05, 4.69) is 11.8 Å². The van der Waals surface area contributed by atoms with Gasteiger partial charge in [-0.2, -0.15) is 0 Å². The van der Waals surface area contributed by atoms with E-state index in [9.17, 15) is 30.4 Å². The fraction of sp³-hybridized carbons (Fsp3) is 0.176. The Morgan fingerprint density at radius 2 is 0.818 bits per heavy atom. The van der Waals surface area contributed by atoms with Gasteiger partial charge in [0, 0.05) is 59.0 Å². The van der Waals surface area contributed by atoms with Crippen LogP contribution in [-0.2, 0) is 0 Å². The summed E-state index contributed by atoms with van der Waals surface area (Å²) in [7, 11) is 0. The van der Waals surface area contributed by atoms with Crippen LogP contribution in [0.5, 0.6) is 0 Å². The Morgan fingerprint density at radius 1 is 0.568 bits per heavy atom. The van der Waals surface area contributed by atoms with E-state index in [0.717, 1.165) is 11.1 Å². The predicted molar refractivity (Wildman–Crippen MR) is 172 cm³/mol. The Kier molecular flexibility index (Phi) is 12.5. The van der Waals surface area contributed by atoms with Crippen LogP contribution in [0.1, 0.15) is 46.9 Å². The number of benzene rings is 4. The van der Waals surface area contributed by atoms with Crippen LogP contribution in [0.4, 0.5) is 11.4 Å². The van der Waals surface area contributed by atoms with Gasteiger partial charge >= 0.3 is 0 Å². The van der Waals surface area contributed by atoms with Gasteiger partial charge in [-0.05, 0) is 46.5 Å². The molecule has 0 spiro atoms. The highest BCUT2D eigenvalue weighted by molar-refractivity contribution is 6.30. The summed E-state index contributed by atoms with van der Waals surface area (Å²) in [6.45, 7) is 0. The number of rotatable bonds is 10. The first-order valence-corrected chi connectivity index (χ1v) is 14.0. The van der Waals surface area contributed by atoms with Gasteiger partial charge in [-0.3, -0.25) is 20.2 Å². The van der Waals surface area contributed by atoms with E-state index in [1.54, 1.807) is 24.3 Å². The van der Waals surface area contributed by atoms with Crippen LogP contribution < -0.4 is 0 Å². The summed E-state index contributed by atoms with van der Waals surface area (Å²) in [6.07, 6.45) is 9.38. The molecule has 10 heteroatoms. The van der Waals surface area contributed by atoms with Gasteiger partial charge in [0.15, 0.2) is 0 Å². The lowest BCUT2D eigenvalue weighted by Crippen LogP contribution is -2.19. The SMILES string of the molecule is C#CCC(O)C(c1ccc(Cl)cc1)c1ccc(Cl)cc1.C#CCC(O)C(c1ccc([N+](=O)[O-])cc1)c1ccc([N+](=O)[O-])cc1. The first-order chi connectivity index (χ1) is 21.0. The number of aliphatic hydroxyl groups excluding tert-OH is 2. The van der Waals surface area contributed by atoms with Gasteiger partial charge in [0.2, 0.25) is 0 Å². The highest BCUT2D eigenvalue weighted by atomic mass is 35.5. The lowest BCUT2D eigenvalue weighted by molar-refractivity contribution is -0.385. The zero-order valence-electron chi connectivity index (χ0n) is 23.3. The minimum atomic E-state index is -0.919. The van der Waals surface area contributed by atoms with Crippen molar-refractivity contribution in [2.75, 3.05) is 0 Å². The Hall–Kier alpha value is -4.70. The van der Waals surface area contributed by atoms with Gasteiger partial charge in [-0.1, -0.05) is 71.7 Å². The topological polar surface area (TPSA) is 127 Å². The number of hydrogen-bond donors (Lipinski definition) is 2. The molecule has 0 aliphatic rings. The number of halogens is 2. The molecule has 2 unspecified atom stereocenters. The first kappa shape index (κ1) is 33.8. The van der Waals surface area contributed by atoms with E-state index in [1.165, 1.54) is 24.3 Å². The van der Waals surface area contributed by atoms with E-state index < -0.39 is 28.0 Å². The zero-order chi connectivity index (χ0) is 32.2. The maximum absolute atomic E-state index is 10.8. The average Bonchev–Trinajstić information content (AvgIpc) is 3.00. The number of non-ortho nitro benzene ring substituents is 2. The van der Waals surface area contributed by atoms with Crippen molar-refractivity contribution in [2.24, 2.45) is 0 Å². The van der Waals surface area contributed by atoms with E-state index in [0.29, 0.717) is 21.2 Å². The Morgan fingerprint density at radius 3 is 1.05 bits per heavy atom. The minimum Gasteiger partial charge on any atom is -0.391 e. The van der Waals surface area contributed by atoms with Crippen molar-refractivity contribution in [2.45, 2.75) is 36.9 Å². The summed E-state index contributed by atoms with van der Waals surface area (Å²) in [5.41, 5.74) is 3.09. The van der Waals surface area contributed by atoms with Gasteiger partial charge in [0.25, 0.3) is 11.4 Å². The Labute approximate surface area is 265 Å². The monoisotopic (exact) mass is 630 g/mol. The van der Waals surface area contributed by atoms with E-state index in [1.807, 2.05) is 48.5 Å². The second kappa shape index (κ2) is 16.2. The van der Waals surface area contributed by atoms with Crippen LogP contribution in [0.2, 0.25) is 10.0 Å². The van der Waals surface area contributed by atoms with Crippen LogP contribution in [0.25, 0.3) is 0 Å². The molecule has 0 fully saturated rings. The molecule has 0 saturated carbocycles. The van der Waals surface area contributed by atoms with Crippen LogP contribution in [0.3, 0.4) is 0 Å². The molecule has 4 aromatic rings. The summed E-state index contributed by atoms with van der Waals surface area (Å²) >= 11 is 11.8. The van der Waals surface area contributed by atoms with Gasteiger partial charge < -0.3 is 10.2 Å². The average molecular weight is 632 g/mol. The Bertz CT molecular complexity index is 1530. The van der Waals surface area contributed by atoms with Crippen molar-refractivity contribution in [1.82, 2.24) is 0 Å². The highest BCUT2D eigenvalue weighted by Crippen LogP contribution is 2.33. The molecule has 0 heterocycles. The summed E-state index contributed by atoms with van der Waals surface area (Å²) in [5.74, 6) is 4.16. The third-order valence-electron chi connectivity index (χ3n) is 6.81. The quantitative estimate of drug-likeness (QED) is 0.106. The van der Waals surface area contributed by atoms with Gasteiger partial charge in [0.05, 0.1) is 22.1 Å². The second-order valence-corrected chi connectivity index (χ2v) is 10.6. The molecule has 44 heavy (non-hydrogen) atoms. The smallest absolute Gasteiger partial charge is 0.269 e. The van der Waals surface area contributed by atoms with Crippen LogP contribution >= 0.6 is 23.2 Å². The molecule has 0 bridgehead atoms. The molecule has 0 aliphatic carbocycles. The molecule has 4 rings (SSSR count). The largest absolute Gasteiger partial charge is 0.391 e. The van der Waals surface area contributed by atoms with Crippen molar-refractivity contribution in [1.29, 1.82) is 0 Å². The maximum Gasteiger partial charge on any atom is 0.269 e. The number of nitrogens with zero attached hydrogens (tertiary/aromatic N) is 2. The van der Waals surface area contributed by atoms with Crippen molar-refractivity contribution in [3.63, 3.8) is 0 Å². The summed E-state index contributed by atoms with van der Waals surface area (Å²) in [5, 5.41) is 43.5. The first-order valence-electron chi connectivity index (χ1n) is 13.3. The molecule has 2 atom stereocenters. The number of aliphatic hydroxyl groups is 2. The minimum absolute atomic E-state index is 0.0624. The molecule has 224 valence electrons. The molecule has 0 aliphatic heterocycles. The second-order valence-electron chi connectivity index (χ2n) is 9.71. The maximum atomic E-state index is 10.8. The molecular weight excluding hydrogens is 603 g/mol. The number of nitro groups is 2. The highest BCUT2D eigenvalue weighted by Gasteiger charge is 2.24. The van der Waals surface area contributed by atoms with Crippen LogP contribution in [-0.4, -0.2) is 32.3 Å². The van der Waals surface area contributed by atoms with Crippen LogP contribution in [0.15, 0.2) is 97.1 Å². The van der Waals surface area contributed by atoms with E-state index in [4.69, 9.17) is 36.0 Å². The van der Waals surface area contributed by atoms with Gasteiger partial charge in [-0.15, -0.1) is 24.7 Å². The molecule has 8 nitrogen and oxygen atoms in total. The lowest BCUT2D eigenvalue weighted by Gasteiger charge is -2.23. The molecule has 0 amide bonds. The van der Waals surface area contributed by atoms with Crippen molar-refractivity contribution in [3.05, 3.63) is 150 Å². The van der Waals surface area contributed by atoms with Gasteiger partial charge in [0.1, 0.15) is 0 Å². The summed E-state index contributed by atoms with van der Waals surface area (Å²) in [6, 6.07) is 26.4. The standard InChI is InChI=1S/C17H14Cl2O.C17H14N2O5/c1-2-3-16(20)17(12-4-8-14(18)9-5-12)13-6-10-15(19)11-7-13;1-2-3-16(20)17(12-4-8-14(9-5-12)18(21)22)13-6-10-15(11-7-13)19(23)24/h1,4-11,16-17,20H,3H2;1,4-11,16-17,20H,3H2. The van der Waals surface area contributed by atoms with Crippen molar-refractivity contribution >= 4 is 34.6 Å². The fourth-order valence-electron chi connectivity index (χ4n) is 4.70. The Balaban J connectivity index is 0.000000244. The molecule has 0 radical (unpaired) electrons. The van der Waals surface area contributed by atoms with E-state index in [-0.39, 0.29) is 30.1 Å². The molecule has 4 aromatic carbocycles. The van der Waals surface area contributed by atoms with Gasteiger partial charge in [-0.25, -0.2) is 0 Å². The number of hydrogen-bond acceptors (Lipinski definition) is 6. The van der Waals surface area contributed by atoms with E-state index >= 15 is 0 Å². The van der Waals surface area contributed by atoms with Crippen LogP contribution in [0, 0.1) is 44.9 Å². The lowest BCUT2D eigenvalue weighted by atomic mass is 9.85. The molecule has 0 saturated heterocycles.